The Bertz CT molecular complexity index is 186. The van der Waals surface area contributed by atoms with Gasteiger partial charge in [0.05, 0.1) is 13.2 Å². The van der Waals surface area contributed by atoms with Gasteiger partial charge in [0.2, 0.25) is 0 Å². The van der Waals surface area contributed by atoms with Gasteiger partial charge in [-0.1, -0.05) is 13.8 Å². The first kappa shape index (κ1) is 14.1. The van der Waals surface area contributed by atoms with E-state index in [0.717, 1.165) is 0 Å². The molecule has 0 radical (unpaired) electrons. The predicted octanol–water partition coefficient (Wildman–Crippen LogP) is 2.60. The van der Waals surface area contributed by atoms with Crippen LogP contribution in [0.2, 0.25) is 0 Å². The minimum Gasteiger partial charge on any atom is -0.308 e. The second-order valence-electron chi connectivity index (χ2n) is 3.37. The van der Waals surface area contributed by atoms with E-state index < -0.39 is 7.60 Å². The van der Waals surface area contributed by atoms with Crippen LogP contribution in [0.4, 0.5) is 0 Å². The molecule has 5 heteroatoms. The molecule has 0 heterocycles. The third-order valence-electron chi connectivity index (χ3n) is 1.67. The molecule has 1 unspecified atom stereocenters. The molecule has 0 aromatic heterocycles. The molecule has 0 fully saturated rings. The SMILES string of the molecule is CCOP(=O)(OCC)C(C)NC(C)C. The van der Waals surface area contributed by atoms with Crippen LogP contribution < -0.4 is 5.32 Å². The fourth-order valence-corrected chi connectivity index (χ4v) is 2.92. The smallest absolute Gasteiger partial charge is 0.308 e. The van der Waals surface area contributed by atoms with Crippen LogP contribution in [-0.2, 0) is 13.6 Å². The normalized spacial score (nSPS) is 14.7. The molecular formula is C9H22NO3P. The van der Waals surface area contributed by atoms with Gasteiger partial charge >= 0.3 is 7.60 Å². The second-order valence-corrected chi connectivity index (χ2v) is 5.74. The minimum absolute atomic E-state index is 0.262. The van der Waals surface area contributed by atoms with E-state index in [9.17, 15) is 4.57 Å². The quantitative estimate of drug-likeness (QED) is 0.674. The summed E-state index contributed by atoms with van der Waals surface area (Å²) in [6.07, 6.45) is 0. The fraction of sp³-hybridized carbons (Fsp3) is 1.00. The summed E-state index contributed by atoms with van der Waals surface area (Å²) in [5.41, 5.74) is 0. The highest BCUT2D eigenvalue weighted by Crippen LogP contribution is 2.51. The molecule has 0 amide bonds. The number of rotatable bonds is 7. The van der Waals surface area contributed by atoms with Gasteiger partial charge in [-0.2, -0.15) is 0 Å². The van der Waals surface area contributed by atoms with E-state index in [1.54, 1.807) is 0 Å². The van der Waals surface area contributed by atoms with Gasteiger partial charge in [0, 0.05) is 6.04 Å². The van der Waals surface area contributed by atoms with Crippen molar-refractivity contribution in [3.8, 4) is 0 Å². The summed E-state index contributed by atoms with van der Waals surface area (Å²) in [4.78, 5) is 0. The van der Waals surface area contributed by atoms with Gasteiger partial charge < -0.3 is 14.4 Å². The van der Waals surface area contributed by atoms with Gasteiger partial charge in [-0.05, 0) is 20.8 Å². The fourth-order valence-electron chi connectivity index (χ4n) is 1.19. The number of hydrogen-bond acceptors (Lipinski definition) is 4. The maximum absolute atomic E-state index is 12.1. The zero-order chi connectivity index (χ0) is 11.2. The van der Waals surface area contributed by atoms with E-state index >= 15 is 0 Å². The van der Waals surface area contributed by atoms with Gasteiger partial charge in [0.1, 0.15) is 5.78 Å². The van der Waals surface area contributed by atoms with Crippen LogP contribution in [0, 0.1) is 0 Å². The van der Waals surface area contributed by atoms with E-state index in [1.807, 2.05) is 34.6 Å². The highest BCUT2D eigenvalue weighted by atomic mass is 31.2. The van der Waals surface area contributed by atoms with Crippen molar-refractivity contribution in [1.29, 1.82) is 0 Å². The van der Waals surface area contributed by atoms with Crippen molar-refractivity contribution in [2.75, 3.05) is 13.2 Å². The Labute approximate surface area is 86.9 Å². The Hall–Kier alpha value is 0.110. The lowest BCUT2D eigenvalue weighted by Crippen LogP contribution is -2.33. The van der Waals surface area contributed by atoms with Crippen molar-refractivity contribution in [1.82, 2.24) is 5.32 Å². The number of hydrogen-bond donors (Lipinski definition) is 1. The summed E-state index contributed by atoms with van der Waals surface area (Å²) >= 11 is 0. The largest absolute Gasteiger partial charge is 0.347 e. The van der Waals surface area contributed by atoms with E-state index in [-0.39, 0.29) is 11.8 Å². The van der Waals surface area contributed by atoms with Crippen molar-refractivity contribution in [3.63, 3.8) is 0 Å². The van der Waals surface area contributed by atoms with Crippen molar-refractivity contribution in [2.24, 2.45) is 0 Å². The van der Waals surface area contributed by atoms with Gasteiger partial charge in [0.15, 0.2) is 0 Å². The van der Waals surface area contributed by atoms with Crippen LogP contribution in [0.15, 0.2) is 0 Å². The molecule has 0 rings (SSSR count). The Balaban J connectivity index is 4.38. The molecule has 0 aliphatic heterocycles. The first-order valence-corrected chi connectivity index (χ1v) is 6.72. The Morgan fingerprint density at radius 1 is 1.14 bits per heavy atom. The van der Waals surface area contributed by atoms with E-state index in [1.165, 1.54) is 0 Å². The molecule has 86 valence electrons. The van der Waals surface area contributed by atoms with Crippen molar-refractivity contribution < 1.29 is 13.6 Å². The summed E-state index contributed by atoms with van der Waals surface area (Å²) in [6, 6.07) is 0.263. The van der Waals surface area contributed by atoms with E-state index in [2.05, 4.69) is 5.32 Å². The zero-order valence-electron chi connectivity index (χ0n) is 9.74. The first-order valence-electron chi connectivity index (χ1n) is 5.11. The summed E-state index contributed by atoms with van der Waals surface area (Å²) in [5, 5.41) is 3.14. The molecule has 0 saturated carbocycles. The summed E-state index contributed by atoms with van der Waals surface area (Å²) in [6.45, 7) is 10.3. The minimum atomic E-state index is -2.98. The number of nitrogens with one attached hydrogen (secondary N) is 1. The van der Waals surface area contributed by atoms with Crippen LogP contribution in [0.1, 0.15) is 34.6 Å². The maximum Gasteiger partial charge on any atom is 0.347 e. The van der Waals surface area contributed by atoms with Crippen LogP contribution in [-0.4, -0.2) is 25.0 Å². The lowest BCUT2D eigenvalue weighted by atomic mass is 10.4. The van der Waals surface area contributed by atoms with E-state index in [4.69, 9.17) is 9.05 Å². The van der Waals surface area contributed by atoms with Crippen LogP contribution in [0.25, 0.3) is 0 Å². The third kappa shape index (κ3) is 4.56. The molecule has 0 saturated heterocycles. The highest BCUT2D eigenvalue weighted by molar-refractivity contribution is 7.54. The maximum atomic E-state index is 12.1. The lowest BCUT2D eigenvalue weighted by molar-refractivity contribution is 0.207. The molecule has 4 nitrogen and oxygen atoms in total. The van der Waals surface area contributed by atoms with Gasteiger partial charge in [0.25, 0.3) is 0 Å². The van der Waals surface area contributed by atoms with E-state index in [0.29, 0.717) is 13.2 Å². The van der Waals surface area contributed by atoms with Crippen molar-refractivity contribution in [2.45, 2.75) is 46.4 Å². The zero-order valence-corrected chi connectivity index (χ0v) is 10.6. The standard InChI is InChI=1S/C9H22NO3P/c1-6-12-14(11,13-7-2)9(5)10-8(3)4/h8-10H,6-7H2,1-5H3. The second kappa shape index (κ2) is 6.57. The molecular weight excluding hydrogens is 201 g/mol. The van der Waals surface area contributed by atoms with Crippen LogP contribution in [0.5, 0.6) is 0 Å². The third-order valence-corrected chi connectivity index (χ3v) is 4.00. The predicted molar refractivity (Wildman–Crippen MR) is 58.6 cm³/mol. The molecule has 0 aliphatic rings. The Morgan fingerprint density at radius 3 is 1.86 bits per heavy atom. The van der Waals surface area contributed by atoms with Crippen LogP contribution in [0.3, 0.4) is 0 Å². The molecule has 0 aliphatic carbocycles. The summed E-state index contributed by atoms with van der Waals surface area (Å²) < 4.78 is 22.5. The molecule has 14 heavy (non-hydrogen) atoms. The Kier molecular flexibility index (Phi) is 6.62. The van der Waals surface area contributed by atoms with Gasteiger partial charge in [-0.3, -0.25) is 4.57 Å². The molecule has 0 aromatic carbocycles. The highest BCUT2D eigenvalue weighted by Gasteiger charge is 2.31. The van der Waals surface area contributed by atoms with Crippen LogP contribution >= 0.6 is 7.60 Å². The Morgan fingerprint density at radius 2 is 1.57 bits per heavy atom. The van der Waals surface area contributed by atoms with Gasteiger partial charge in [-0.25, -0.2) is 0 Å². The average Bonchev–Trinajstić information content (AvgIpc) is 2.03. The van der Waals surface area contributed by atoms with Crippen molar-refractivity contribution >= 4 is 7.60 Å². The first-order chi connectivity index (χ1) is 6.46. The molecule has 0 spiro atoms. The summed E-state index contributed by atoms with van der Waals surface area (Å²) in [7, 11) is -2.98. The topological polar surface area (TPSA) is 47.6 Å². The molecule has 0 bridgehead atoms. The summed E-state index contributed by atoms with van der Waals surface area (Å²) in [5.74, 6) is -0.262. The van der Waals surface area contributed by atoms with Gasteiger partial charge in [-0.15, -0.1) is 0 Å². The van der Waals surface area contributed by atoms with Crippen molar-refractivity contribution in [3.05, 3.63) is 0 Å². The molecule has 1 atom stereocenters. The molecule has 0 aromatic rings. The monoisotopic (exact) mass is 223 g/mol. The average molecular weight is 223 g/mol. The molecule has 1 N–H and O–H groups in total. The lowest BCUT2D eigenvalue weighted by Gasteiger charge is -2.25.